The van der Waals surface area contributed by atoms with Crippen LogP contribution in [0, 0.1) is 25.2 Å². The molecule has 11 nitrogen and oxygen atoms in total. The van der Waals surface area contributed by atoms with E-state index in [2.05, 4.69) is 50.4 Å². The van der Waals surface area contributed by atoms with Crippen LogP contribution in [0.15, 0.2) is 45.7 Å². The number of nitrogens with one attached hydrogen (secondary N) is 1. The molecule has 7 rings (SSSR count). The van der Waals surface area contributed by atoms with E-state index in [9.17, 15) is 4.79 Å². The Morgan fingerprint density at radius 3 is 2.55 bits per heavy atom. The molecule has 12 heteroatoms. The predicted octanol–water partition coefficient (Wildman–Crippen LogP) is 4.02. The lowest BCUT2D eigenvalue weighted by molar-refractivity contribution is -0.228. The maximum absolute atomic E-state index is 12.0. The van der Waals surface area contributed by atoms with Crippen LogP contribution in [-0.4, -0.2) is 77.6 Å². The summed E-state index contributed by atoms with van der Waals surface area (Å²) in [7, 11) is 0. The van der Waals surface area contributed by atoms with Gasteiger partial charge in [-0.05, 0) is 38.0 Å². The number of hydrogen-bond donors (Lipinski definition) is 2. The Morgan fingerprint density at radius 1 is 1.20 bits per heavy atom. The van der Waals surface area contributed by atoms with Gasteiger partial charge in [-0.25, -0.2) is 9.97 Å². The van der Waals surface area contributed by atoms with E-state index in [0.717, 1.165) is 41.0 Å². The molecule has 3 aliphatic rings. The molecule has 0 saturated carbocycles. The Labute approximate surface area is 260 Å². The van der Waals surface area contributed by atoms with E-state index in [1.807, 2.05) is 24.3 Å². The predicted molar refractivity (Wildman–Crippen MR) is 170 cm³/mol. The summed E-state index contributed by atoms with van der Waals surface area (Å²) in [5.74, 6) is 4.41. The van der Waals surface area contributed by atoms with Crippen LogP contribution in [0.5, 0.6) is 0 Å². The van der Waals surface area contributed by atoms with Crippen LogP contribution in [0.4, 0.5) is 11.5 Å². The molecule has 1 aromatic carbocycles. The molecular formula is C32H34ClN5O6. The minimum Gasteiger partial charge on any atom is -0.483 e. The van der Waals surface area contributed by atoms with Gasteiger partial charge in [-0.2, -0.15) is 0 Å². The number of para-hydroxylation sites is 1. The monoisotopic (exact) mass is 619 g/mol. The lowest BCUT2D eigenvalue weighted by Gasteiger charge is -2.53. The molecule has 3 fully saturated rings. The third kappa shape index (κ3) is 6.51. The molecule has 3 aromatic heterocycles. The van der Waals surface area contributed by atoms with Crippen LogP contribution in [-0.2, 0) is 20.1 Å². The zero-order chi connectivity index (χ0) is 31.7. The number of rotatable bonds is 3. The van der Waals surface area contributed by atoms with Crippen molar-refractivity contribution < 1.29 is 23.8 Å². The van der Waals surface area contributed by atoms with Gasteiger partial charge in [0, 0.05) is 36.8 Å². The Bertz CT molecular complexity index is 1700. The van der Waals surface area contributed by atoms with Crippen molar-refractivity contribution in [1.82, 2.24) is 15.0 Å². The molecule has 0 radical (unpaired) electrons. The number of benzene rings is 1. The first kappa shape index (κ1) is 32.4. The van der Waals surface area contributed by atoms with Gasteiger partial charge in [-0.1, -0.05) is 18.1 Å². The van der Waals surface area contributed by atoms with Crippen LogP contribution in [0.25, 0.3) is 22.1 Å². The third-order valence-corrected chi connectivity index (χ3v) is 8.02. The van der Waals surface area contributed by atoms with Crippen LogP contribution >= 0.6 is 11.6 Å². The number of nitrogens with zero attached hydrogens (tertiary/aromatic N) is 4. The first-order valence-corrected chi connectivity index (χ1v) is 14.6. The summed E-state index contributed by atoms with van der Waals surface area (Å²) in [6.07, 6.45) is 17.3. The molecule has 4 aromatic rings. The standard InChI is InChI=1S/C15H14ClN3O.C14H16N2O3.C2H2.CH2O2/c16-9-12-17-13-10-5-1-2-6-11(10)20-14(13)15(18-12)19-7-3-4-8-19;1-3-11-6-12(13(17)15-7-11)16-4-5-19-14(10(16)2)8-18-9-14;1-2;2-1-3/h1-2,5-6H,3-4,7-9H2;1,6-7,10H,4-5,8-9H2,2H3,(H,15,17);1-2H;1H,(H,2,3)/t;10-;;/m.0../s1. The molecule has 3 aliphatic heterocycles. The number of halogens is 1. The van der Waals surface area contributed by atoms with E-state index >= 15 is 0 Å². The number of aromatic amines is 1. The van der Waals surface area contributed by atoms with Gasteiger partial charge in [0.25, 0.3) is 12.0 Å². The summed E-state index contributed by atoms with van der Waals surface area (Å²) < 4.78 is 17.1. The number of terminal acetylenes is 2. The topological polar surface area (TPSA) is 134 Å². The number of fused-ring (bicyclic) bond motifs is 3. The van der Waals surface area contributed by atoms with Crippen LogP contribution in [0.1, 0.15) is 31.2 Å². The fraction of sp³-hybridized carbons (Fsp3) is 0.375. The molecule has 6 heterocycles. The van der Waals surface area contributed by atoms with Crippen molar-refractivity contribution >= 4 is 51.6 Å². The summed E-state index contributed by atoms with van der Waals surface area (Å²) in [5.41, 5.74) is 3.38. The quantitative estimate of drug-likeness (QED) is 0.197. The van der Waals surface area contributed by atoms with E-state index in [1.165, 1.54) is 12.8 Å². The first-order valence-electron chi connectivity index (χ1n) is 14.0. The zero-order valence-corrected chi connectivity index (χ0v) is 25.1. The number of ether oxygens (including phenoxy) is 2. The summed E-state index contributed by atoms with van der Waals surface area (Å²) >= 11 is 5.95. The van der Waals surface area contributed by atoms with E-state index in [-0.39, 0.29) is 23.7 Å². The molecule has 0 amide bonds. The van der Waals surface area contributed by atoms with Crippen molar-refractivity contribution in [3.63, 3.8) is 0 Å². The Hall–Kier alpha value is -4.55. The summed E-state index contributed by atoms with van der Waals surface area (Å²) in [6, 6.07) is 9.80. The third-order valence-electron chi connectivity index (χ3n) is 7.78. The van der Waals surface area contributed by atoms with Gasteiger partial charge >= 0.3 is 0 Å². The fourth-order valence-corrected chi connectivity index (χ4v) is 5.61. The Balaban J connectivity index is 0.000000176. The lowest BCUT2D eigenvalue weighted by Crippen LogP contribution is -2.68. The van der Waals surface area contributed by atoms with Gasteiger partial charge in [0.1, 0.15) is 28.2 Å². The number of alkyl halides is 1. The van der Waals surface area contributed by atoms with Crippen molar-refractivity contribution in [3.05, 3.63) is 58.3 Å². The highest BCUT2D eigenvalue weighted by Gasteiger charge is 2.50. The van der Waals surface area contributed by atoms with Crippen molar-refractivity contribution in [3.8, 4) is 25.2 Å². The Morgan fingerprint density at radius 2 is 1.91 bits per heavy atom. The van der Waals surface area contributed by atoms with E-state index in [4.69, 9.17) is 41.8 Å². The number of furan rings is 1. The minimum absolute atomic E-state index is 0.0872. The number of morpholine rings is 1. The highest BCUT2D eigenvalue weighted by Crippen LogP contribution is 2.35. The fourth-order valence-electron chi connectivity index (χ4n) is 5.50. The van der Waals surface area contributed by atoms with Crippen LogP contribution in [0.3, 0.4) is 0 Å². The number of H-pyrrole nitrogens is 1. The molecule has 1 atom stereocenters. The smallest absolute Gasteiger partial charge is 0.290 e. The average Bonchev–Trinajstić information content (AvgIpc) is 3.71. The molecule has 44 heavy (non-hydrogen) atoms. The second kappa shape index (κ2) is 14.8. The Kier molecular flexibility index (Phi) is 10.9. The van der Waals surface area contributed by atoms with Crippen LogP contribution < -0.4 is 15.4 Å². The number of anilines is 2. The number of hydrogen-bond acceptors (Lipinski definition) is 9. The first-order chi connectivity index (χ1) is 21.4. The number of carboxylic acid groups (broad SMARTS) is 1. The lowest BCUT2D eigenvalue weighted by atomic mass is 9.90. The maximum atomic E-state index is 12.0. The van der Waals surface area contributed by atoms with E-state index in [0.29, 0.717) is 49.3 Å². The average molecular weight is 620 g/mol. The highest BCUT2D eigenvalue weighted by atomic mass is 35.5. The van der Waals surface area contributed by atoms with Gasteiger partial charge < -0.3 is 33.8 Å². The molecule has 0 aliphatic carbocycles. The van der Waals surface area contributed by atoms with Gasteiger partial charge in [-0.3, -0.25) is 9.59 Å². The number of carbonyl (C=O) groups is 1. The van der Waals surface area contributed by atoms with Crippen molar-refractivity contribution in [2.24, 2.45) is 0 Å². The molecule has 230 valence electrons. The summed E-state index contributed by atoms with van der Waals surface area (Å²) in [5, 5.41) is 7.91. The normalized spacial score (nSPS) is 18.1. The molecule has 0 unspecified atom stereocenters. The van der Waals surface area contributed by atoms with Gasteiger partial charge in [0.2, 0.25) is 0 Å². The van der Waals surface area contributed by atoms with Crippen molar-refractivity contribution in [2.75, 3.05) is 49.3 Å². The van der Waals surface area contributed by atoms with Crippen molar-refractivity contribution in [1.29, 1.82) is 0 Å². The van der Waals surface area contributed by atoms with Gasteiger partial charge in [0.05, 0.1) is 31.7 Å². The minimum atomic E-state index is -0.281. The molecule has 0 bridgehead atoms. The van der Waals surface area contributed by atoms with Gasteiger partial charge in [-0.15, -0.1) is 30.9 Å². The number of aromatic nitrogens is 3. The molecular weight excluding hydrogens is 586 g/mol. The summed E-state index contributed by atoms with van der Waals surface area (Å²) in [6.45, 7) is 6.28. The molecule has 3 saturated heterocycles. The zero-order valence-electron chi connectivity index (χ0n) is 24.4. The van der Waals surface area contributed by atoms with Crippen LogP contribution in [0.2, 0.25) is 0 Å². The molecule has 1 spiro atoms. The molecule has 2 N–H and O–H groups in total. The number of pyridine rings is 1. The largest absolute Gasteiger partial charge is 0.483 e. The van der Waals surface area contributed by atoms with E-state index in [1.54, 1.807) is 12.3 Å². The second-order valence-corrected chi connectivity index (χ2v) is 10.5. The van der Waals surface area contributed by atoms with Gasteiger partial charge in [0.15, 0.2) is 11.4 Å². The highest BCUT2D eigenvalue weighted by molar-refractivity contribution is 6.17. The second-order valence-electron chi connectivity index (χ2n) is 10.2. The van der Waals surface area contributed by atoms with E-state index < -0.39 is 0 Å². The van der Waals surface area contributed by atoms with Crippen molar-refractivity contribution in [2.45, 2.75) is 37.3 Å². The maximum Gasteiger partial charge on any atom is 0.290 e. The summed E-state index contributed by atoms with van der Waals surface area (Å²) in [4.78, 5) is 36.5. The SMILES string of the molecule is C#C.C#Cc1c[nH]c(=O)c(N2CCOC3(COC3)[C@@H]2C)c1.ClCc1nc(N2CCCC2)c2oc3ccccc3c2n1.O=CO.